The molecule has 0 aliphatic rings. The van der Waals surface area contributed by atoms with Gasteiger partial charge in [-0.2, -0.15) is 13.2 Å². The number of alkyl halides is 3. The van der Waals surface area contributed by atoms with Gasteiger partial charge in [0.1, 0.15) is 5.76 Å². The molecular formula is C14H13F3N4OS2. The molecule has 0 radical (unpaired) electrons. The molecule has 128 valence electrons. The highest BCUT2D eigenvalue weighted by Crippen LogP contribution is 2.30. The highest BCUT2D eigenvalue weighted by atomic mass is 32.1. The predicted molar refractivity (Wildman–Crippen MR) is 92.1 cm³/mol. The van der Waals surface area contributed by atoms with E-state index in [1.54, 1.807) is 18.4 Å². The molecule has 0 atom stereocenters. The summed E-state index contributed by atoms with van der Waals surface area (Å²) in [7, 11) is 0. The van der Waals surface area contributed by atoms with E-state index >= 15 is 0 Å². The van der Waals surface area contributed by atoms with Crippen LogP contribution in [0.5, 0.6) is 0 Å². The lowest BCUT2D eigenvalue weighted by Gasteiger charge is -2.14. The molecule has 1 aromatic carbocycles. The molecule has 0 saturated heterocycles. The van der Waals surface area contributed by atoms with Crippen molar-refractivity contribution in [3.8, 4) is 0 Å². The van der Waals surface area contributed by atoms with E-state index in [0.29, 0.717) is 12.3 Å². The Kier molecular flexibility index (Phi) is 5.99. The van der Waals surface area contributed by atoms with Crippen molar-refractivity contribution in [2.75, 3.05) is 5.32 Å². The molecule has 5 nitrogen and oxygen atoms in total. The number of anilines is 1. The molecule has 0 fully saturated rings. The number of rotatable bonds is 3. The van der Waals surface area contributed by atoms with Crippen LogP contribution in [0.3, 0.4) is 0 Å². The van der Waals surface area contributed by atoms with Crippen LogP contribution in [0, 0.1) is 0 Å². The number of halogens is 3. The summed E-state index contributed by atoms with van der Waals surface area (Å²) < 4.78 is 43.0. The lowest BCUT2D eigenvalue weighted by Crippen LogP contribution is -2.47. The van der Waals surface area contributed by atoms with Gasteiger partial charge in [0.25, 0.3) is 0 Å². The van der Waals surface area contributed by atoms with Gasteiger partial charge < -0.3 is 15.1 Å². The molecule has 1 aromatic heterocycles. The van der Waals surface area contributed by atoms with E-state index in [2.05, 4.69) is 21.5 Å². The molecule has 0 aliphatic heterocycles. The van der Waals surface area contributed by atoms with Gasteiger partial charge in [-0.05, 0) is 54.8 Å². The lowest BCUT2D eigenvalue weighted by atomic mass is 10.2. The maximum atomic E-state index is 12.6. The third kappa shape index (κ3) is 5.70. The minimum atomic E-state index is -4.41. The standard InChI is InChI=1S/C14H13F3N4OS2/c15-14(16,17)9-3-1-4-10(7-9)19-13(24)21-20-12(23)18-8-11-5-2-6-22-11/h1-7H,8H2,(H2,18,20,23)(H2,19,21,24). The van der Waals surface area contributed by atoms with Crippen LogP contribution in [0.2, 0.25) is 0 Å². The highest BCUT2D eigenvalue weighted by molar-refractivity contribution is 7.80. The van der Waals surface area contributed by atoms with E-state index in [-0.39, 0.29) is 15.9 Å². The molecule has 0 bridgehead atoms. The van der Waals surface area contributed by atoms with Crippen molar-refractivity contribution < 1.29 is 17.6 Å². The number of hydrogen-bond donors (Lipinski definition) is 4. The first-order valence-electron chi connectivity index (χ1n) is 6.65. The maximum absolute atomic E-state index is 12.6. The minimum Gasteiger partial charge on any atom is -0.467 e. The molecule has 0 aliphatic carbocycles. The van der Waals surface area contributed by atoms with E-state index in [0.717, 1.165) is 12.1 Å². The summed E-state index contributed by atoms with van der Waals surface area (Å²) in [6.45, 7) is 0.383. The van der Waals surface area contributed by atoms with Crippen molar-refractivity contribution in [1.29, 1.82) is 0 Å². The van der Waals surface area contributed by atoms with E-state index < -0.39 is 11.7 Å². The number of hydrogen-bond acceptors (Lipinski definition) is 3. The van der Waals surface area contributed by atoms with E-state index in [1.807, 2.05) is 0 Å². The molecule has 24 heavy (non-hydrogen) atoms. The van der Waals surface area contributed by atoms with Crippen LogP contribution in [0.15, 0.2) is 47.1 Å². The third-order valence-corrected chi connectivity index (χ3v) is 3.19. The number of benzene rings is 1. The Bertz CT molecular complexity index is 704. The topological polar surface area (TPSA) is 61.3 Å². The largest absolute Gasteiger partial charge is 0.467 e. The monoisotopic (exact) mass is 374 g/mol. The van der Waals surface area contributed by atoms with Gasteiger partial charge in [-0.15, -0.1) is 0 Å². The first-order chi connectivity index (χ1) is 11.3. The summed E-state index contributed by atoms with van der Waals surface area (Å²) in [6, 6.07) is 8.23. The Balaban J connectivity index is 1.78. The Hall–Kier alpha value is -2.33. The van der Waals surface area contributed by atoms with Gasteiger partial charge in [0.15, 0.2) is 10.2 Å². The fourth-order valence-electron chi connectivity index (χ4n) is 1.67. The van der Waals surface area contributed by atoms with E-state index in [1.165, 1.54) is 12.1 Å². The second kappa shape index (κ2) is 7.97. The van der Waals surface area contributed by atoms with Gasteiger partial charge >= 0.3 is 6.18 Å². The van der Waals surface area contributed by atoms with Crippen molar-refractivity contribution >= 4 is 40.3 Å². The molecule has 1 heterocycles. The Morgan fingerprint density at radius 3 is 2.46 bits per heavy atom. The van der Waals surface area contributed by atoms with Crippen molar-refractivity contribution in [2.24, 2.45) is 0 Å². The second-order valence-electron chi connectivity index (χ2n) is 4.54. The lowest BCUT2D eigenvalue weighted by molar-refractivity contribution is -0.137. The molecule has 0 saturated carbocycles. The van der Waals surface area contributed by atoms with Crippen molar-refractivity contribution in [3.63, 3.8) is 0 Å². The van der Waals surface area contributed by atoms with Crippen LogP contribution in [-0.4, -0.2) is 10.2 Å². The Labute approximate surface area is 146 Å². The average Bonchev–Trinajstić information content (AvgIpc) is 3.04. The molecule has 10 heteroatoms. The van der Waals surface area contributed by atoms with Crippen molar-refractivity contribution in [3.05, 3.63) is 54.0 Å². The number of hydrazine groups is 1. The Morgan fingerprint density at radius 2 is 1.79 bits per heavy atom. The molecule has 0 amide bonds. The van der Waals surface area contributed by atoms with Gasteiger partial charge in [-0.1, -0.05) is 6.07 Å². The minimum absolute atomic E-state index is 0.0662. The van der Waals surface area contributed by atoms with E-state index in [4.69, 9.17) is 28.9 Å². The molecule has 2 rings (SSSR count). The zero-order valence-electron chi connectivity index (χ0n) is 12.1. The first kappa shape index (κ1) is 18.0. The van der Waals surface area contributed by atoms with Gasteiger partial charge in [-0.25, -0.2) is 0 Å². The van der Waals surface area contributed by atoms with E-state index in [9.17, 15) is 13.2 Å². The number of nitrogens with one attached hydrogen (secondary N) is 4. The van der Waals surface area contributed by atoms with Gasteiger partial charge in [-0.3, -0.25) is 10.9 Å². The molecule has 0 unspecified atom stereocenters. The zero-order valence-corrected chi connectivity index (χ0v) is 13.7. The van der Waals surface area contributed by atoms with Crippen LogP contribution in [0.1, 0.15) is 11.3 Å². The van der Waals surface area contributed by atoms with Crippen molar-refractivity contribution in [1.82, 2.24) is 16.2 Å². The first-order valence-corrected chi connectivity index (χ1v) is 7.47. The Morgan fingerprint density at radius 1 is 1.04 bits per heavy atom. The highest BCUT2D eigenvalue weighted by Gasteiger charge is 2.30. The van der Waals surface area contributed by atoms with Gasteiger partial charge in [0.05, 0.1) is 18.4 Å². The van der Waals surface area contributed by atoms with Crippen LogP contribution in [0.25, 0.3) is 0 Å². The van der Waals surface area contributed by atoms with Crippen LogP contribution in [0.4, 0.5) is 18.9 Å². The summed E-state index contributed by atoms with van der Waals surface area (Å²) in [5.41, 5.74) is 4.63. The molecule has 2 aromatic rings. The normalized spacial score (nSPS) is 10.8. The fraction of sp³-hybridized carbons (Fsp3) is 0.143. The summed E-state index contributed by atoms with van der Waals surface area (Å²) in [4.78, 5) is 0. The number of furan rings is 1. The summed E-state index contributed by atoms with van der Waals surface area (Å²) in [5.74, 6) is 0.698. The fourth-order valence-corrected chi connectivity index (χ4v) is 1.97. The molecule has 0 spiro atoms. The molecule has 4 N–H and O–H groups in total. The zero-order chi connectivity index (χ0) is 17.6. The van der Waals surface area contributed by atoms with Gasteiger partial charge in [0.2, 0.25) is 0 Å². The predicted octanol–water partition coefficient (Wildman–Crippen LogP) is 3.16. The molecular weight excluding hydrogens is 361 g/mol. The smallest absolute Gasteiger partial charge is 0.416 e. The third-order valence-electron chi connectivity index (χ3n) is 2.74. The van der Waals surface area contributed by atoms with Crippen LogP contribution < -0.4 is 21.5 Å². The van der Waals surface area contributed by atoms with Crippen LogP contribution >= 0.6 is 24.4 Å². The van der Waals surface area contributed by atoms with Crippen molar-refractivity contribution in [2.45, 2.75) is 12.7 Å². The van der Waals surface area contributed by atoms with Crippen LogP contribution in [-0.2, 0) is 12.7 Å². The number of thiocarbonyl (C=S) groups is 2. The summed E-state index contributed by atoms with van der Waals surface area (Å²) >= 11 is 10.0. The average molecular weight is 374 g/mol. The maximum Gasteiger partial charge on any atom is 0.416 e. The summed E-state index contributed by atoms with van der Waals surface area (Å²) in [5, 5.41) is 5.81. The van der Waals surface area contributed by atoms with Gasteiger partial charge in [0, 0.05) is 5.69 Å². The second-order valence-corrected chi connectivity index (χ2v) is 5.36. The quantitative estimate of drug-likeness (QED) is 0.486. The summed E-state index contributed by atoms with van der Waals surface area (Å²) in [6.07, 6.45) is -2.87. The SMILES string of the molecule is FC(F)(F)c1cccc(NC(=S)NNC(=S)NCc2ccco2)c1.